The fraction of sp³-hybridized carbons (Fsp3) is 0.417. The van der Waals surface area contributed by atoms with E-state index >= 15 is 0 Å². The van der Waals surface area contributed by atoms with Crippen molar-refractivity contribution in [3.8, 4) is 5.75 Å². The predicted molar refractivity (Wildman–Crippen MR) is 116 cm³/mol. The molecule has 3 aromatic rings. The number of amides is 1. The molecule has 0 spiro atoms. The second-order valence-electron chi connectivity index (χ2n) is 7.99. The van der Waals surface area contributed by atoms with Gasteiger partial charge in [-0.2, -0.15) is 0 Å². The number of nitrogens with one attached hydrogen (secondary N) is 1. The van der Waals surface area contributed by atoms with Crippen molar-refractivity contribution in [2.24, 2.45) is 0 Å². The lowest BCUT2D eigenvalue weighted by molar-refractivity contribution is -0.120. The number of carbonyl (C=O) groups is 1. The fourth-order valence-electron chi connectivity index (χ4n) is 3.97. The molecule has 164 valence electrons. The van der Waals surface area contributed by atoms with Gasteiger partial charge >= 0.3 is 0 Å². The maximum absolute atomic E-state index is 12.5. The second kappa shape index (κ2) is 9.83. The molecule has 4 rings (SSSR count). The van der Waals surface area contributed by atoms with Crippen LogP contribution in [0.1, 0.15) is 47.2 Å². The summed E-state index contributed by atoms with van der Waals surface area (Å²) in [5, 5.41) is 7.02. The summed E-state index contributed by atoms with van der Waals surface area (Å²) in [7, 11) is 0. The van der Waals surface area contributed by atoms with E-state index in [1.165, 1.54) is 12.8 Å². The monoisotopic (exact) mass is 423 g/mol. The third-order valence-electron chi connectivity index (χ3n) is 5.80. The molecule has 31 heavy (non-hydrogen) atoms. The Labute approximate surface area is 182 Å². The number of hydrogen-bond acceptors (Lipinski definition) is 6. The summed E-state index contributed by atoms with van der Waals surface area (Å²) in [4.78, 5) is 14.9. The van der Waals surface area contributed by atoms with Gasteiger partial charge in [0.25, 0.3) is 0 Å². The van der Waals surface area contributed by atoms with Crippen molar-refractivity contribution < 1.29 is 18.5 Å². The van der Waals surface area contributed by atoms with E-state index in [0.29, 0.717) is 19.6 Å². The van der Waals surface area contributed by atoms with Crippen LogP contribution in [0.25, 0.3) is 0 Å². The number of hydrogen-bond donors (Lipinski definition) is 1. The molecule has 1 aliphatic heterocycles. The van der Waals surface area contributed by atoms with Gasteiger partial charge in [0.2, 0.25) is 5.91 Å². The first-order valence-electron chi connectivity index (χ1n) is 10.8. The van der Waals surface area contributed by atoms with Crippen LogP contribution in [0.4, 0.5) is 0 Å². The van der Waals surface area contributed by atoms with Crippen LogP contribution < -0.4 is 10.1 Å². The molecule has 1 aliphatic rings. The van der Waals surface area contributed by atoms with Crippen LogP contribution in [0.2, 0.25) is 0 Å². The van der Waals surface area contributed by atoms with Crippen LogP contribution in [-0.4, -0.2) is 35.6 Å². The number of furan rings is 1. The molecule has 0 radical (unpaired) electrons. The first-order chi connectivity index (χ1) is 15.1. The number of aryl methyl sites for hydroxylation is 2. The number of aromatic nitrogens is 1. The van der Waals surface area contributed by atoms with E-state index in [-0.39, 0.29) is 11.9 Å². The number of carbonyl (C=O) groups excluding carboxylic acids is 1. The SMILES string of the molecule is Cc1noc(C)c1COc1ccc(CC(=O)NCC(c2ccco2)N2CCCC2)cc1. The van der Waals surface area contributed by atoms with Crippen LogP contribution in [0, 0.1) is 13.8 Å². The van der Waals surface area contributed by atoms with Crippen molar-refractivity contribution in [3.05, 3.63) is 71.0 Å². The molecule has 1 fully saturated rings. The lowest BCUT2D eigenvalue weighted by Gasteiger charge is -2.26. The quantitative estimate of drug-likeness (QED) is 0.561. The summed E-state index contributed by atoms with van der Waals surface area (Å²) in [6.45, 7) is 6.81. The van der Waals surface area contributed by atoms with Crippen LogP contribution >= 0.6 is 0 Å². The summed E-state index contributed by atoms with van der Waals surface area (Å²) < 4.78 is 16.6. The highest BCUT2D eigenvalue weighted by atomic mass is 16.5. The minimum Gasteiger partial charge on any atom is -0.489 e. The summed E-state index contributed by atoms with van der Waals surface area (Å²) >= 11 is 0. The smallest absolute Gasteiger partial charge is 0.224 e. The van der Waals surface area contributed by atoms with Gasteiger partial charge in [0, 0.05) is 6.54 Å². The average Bonchev–Trinajstić information content (AvgIpc) is 3.53. The maximum atomic E-state index is 12.5. The highest BCUT2D eigenvalue weighted by Crippen LogP contribution is 2.25. The van der Waals surface area contributed by atoms with Crippen molar-refractivity contribution in [2.75, 3.05) is 19.6 Å². The van der Waals surface area contributed by atoms with Gasteiger partial charge in [0.1, 0.15) is 23.9 Å². The molecule has 0 saturated carbocycles. The van der Waals surface area contributed by atoms with Crippen LogP contribution in [0.15, 0.2) is 51.6 Å². The molecule has 1 unspecified atom stereocenters. The van der Waals surface area contributed by atoms with Gasteiger partial charge in [-0.25, -0.2) is 0 Å². The highest BCUT2D eigenvalue weighted by Gasteiger charge is 2.25. The Morgan fingerprint density at radius 1 is 1.19 bits per heavy atom. The topological polar surface area (TPSA) is 80.7 Å². The van der Waals surface area contributed by atoms with E-state index in [2.05, 4.69) is 15.4 Å². The molecule has 1 N–H and O–H groups in total. The van der Waals surface area contributed by atoms with E-state index in [9.17, 15) is 4.79 Å². The molecule has 3 heterocycles. The molecule has 1 aromatic carbocycles. The summed E-state index contributed by atoms with van der Waals surface area (Å²) in [6, 6.07) is 11.6. The molecule has 0 aliphatic carbocycles. The number of nitrogens with zero attached hydrogens (tertiary/aromatic N) is 2. The standard InChI is InChI=1S/C24H29N3O4/c1-17-21(18(2)31-26-17)16-30-20-9-7-19(8-10-20)14-24(28)25-15-22(23-6-5-13-29-23)27-11-3-4-12-27/h5-10,13,22H,3-4,11-12,14-16H2,1-2H3,(H,25,28). The zero-order chi connectivity index (χ0) is 21.6. The predicted octanol–water partition coefficient (Wildman–Crippen LogP) is 3.96. The number of likely N-dealkylation sites (tertiary alicyclic amines) is 1. The zero-order valence-electron chi connectivity index (χ0n) is 18.1. The summed E-state index contributed by atoms with van der Waals surface area (Å²) in [5.41, 5.74) is 2.75. The van der Waals surface area contributed by atoms with Crippen LogP contribution in [0.3, 0.4) is 0 Å². The van der Waals surface area contributed by atoms with E-state index in [0.717, 1.165) is 47.2 Å². The molecule has 0 bridgehead atoms. The van der Waals surface area contributed by atoms with Gasteiger partial charge < -0.3 is 19.0 Å². The third kappa shape index (κ3) is 5.35. The van der Waals surface area contributed by atoms with Gasteiger partial charge in [-0.3, -0.25) is 9.69 Å². The van der Waals surface area contributed by atoms with Crippen LogP contribution in [0.5, 0.6) is 5.75 Å². The first kappa shape index (κ1) is 21.2. The number of rotatable bonds is 9. The van der Waals surface area contributed by atoms with Crippen molar-refractivity contribution in [2.45, 2.75) is 45.8 Å². The Hall–Kier alpha value is -3.06. The normalized spacial score (nSPS) is 15.2. The fourth-order valence-corrected chi connectivity index (χ4v) is 3.97. The van der Waals surface area contributed by atoms with E-state index in [1.807, 2.05) is 50.2 Å². The highest BCUT2D eigenvalue weighted by molar-refractivity contribution is 5.78. The van der Waals surface area contributed by atoms with Crippen molar-refractivity contribution in [1.82, 2.24) is 15.4 Å². The molecule has 1 amide bonds. The molecule has 7 heteroatoms. The number of benzene rings is 1. The Kier molecular flexibility index (Phi) is 6.72. The largest absolute Gasteiger partial charge is 0.489 e. The molecular weight excluding hydrogens is 394 g/mol. The zero-order valence-corrected chi connectivity index (χ0v) is 18.1. The Balaban J connectivity index is 1.28. The Morgan fingerprint density at radius 2 is 1.97 bits per heavy atom. The van der Waals surface area contributed by atoms with Gasteiger partial charge in [0.05, 0.1) is 30.0 Å². The Morgan fingerprint density at radius 3 is 2.61 bits per heavy atom. The lowest BCUT2D eigenvalue weighted by atomic mass is 10.1. The lowest BCUT2D eigenvalue weighted by Crippen LogP contribution is -2.37. The number of ether oxygens (including phenoxy) is 1. The summed E-state index contributed by atoms with van der Waals surface area (Å²) in [6.07, 6.45) is 4.40. The average molecular weight is 424 g/mol. The Bertz CT molecular complexity index is 953. The van der Waals surface area contributed by atoms with E-state index in [4.69, 9.17) is 13.7 Å². The van der Waals surface area contributed by atoms with Gasteiger partial charge in [-0.05, 0) is 69.6 Å². The van der Waals surface area contributed by atoms with Crippen molar-refractivity contribution in [1.29, 1.82) is 0 Å². The first-order valence-corrected chi connectivity index (χ1v) is 10.8. The van der Waals surface area contributed by atoms with E-state index < -0.39 is 0 Å². The molecule has 2 aromatic heterocycles. The van der Waals surface area contributed by atoms with Gasteiger partial charge in [-0.15, -0.1) is 0 Å². The van der Waals surface area contributed by atoms with E-state index in [1.54, 1.807) is 6.26 Å². The molecule has 1 atom stereocenters. The molecule has 7 nitrogen and oxygen atoms in total. The maximum Gasteiger partial charge on any atom is 0.224 e. The van der Waals surface area contributed by atoms with Crippen LogP contribution in [-0.2, 0) is 17.8 Å². The van der Waals surface area contributed by atoms with Gasteiger partial charge in [-0.1, -0.05) is 17.3 Å². The minimum absolute atomic E-state index is 0.000132. The van der Waals surface area contributed by atoms with Gasteiger partial charge in [0.15, 0.2) is 0 Å². The minimum atomic E-state index is 0.000132. The molecule has 1 saturated heterocycles. The van der Waals surface area contributed by atoms with Crippen molar-refractivity contribution >= 4 is 5.91 Å². The third-order valence-corrected chi connectivity index (χ3v) is 5.80. The summed E-state index contributed by atoms with van der Waals surface area (Å²) in [5.74, 6) is 2.42. The van der Waals surface area contributed by atoms with Crippen molar-refractivity contribution in [3.63, 3.8) is 0 Å². The second-order valence-corrected chi connectivity index (χ2v) is 7.99. The molecular formula is C24H29N3O4.